The first-order valence-corrected chi connectivity index (χ1v) is 8.73. The Morgan fingerprint density at radius 2 is 1.79 bits per heavy atom. The van der Waals surface area contributed by atoms with Gasteiger partial charge in [-0.25, -0.2) is 9.59 Å². The van der Waals surface area contributed by atoms with Gasteiger partial charge in [0.15, 0.2) is 6.10 Å². The minimum absolute atomic E-state index is 0.0922. The lowest BCUT2D eigenvalue weighted by molar-refractivity contribution is -0.131. The lowest BCUT2D eigenvalue weighted by Crippen LogP contribution is -2.28. The maximum Gasteiger partial charge on any atom is 0.412 e. The van der Waals surface area contributed by atoms with E-state index in [0.717, 1.165) is 6.08 Å². The molecule has 0 radical (unpaired) electrons. The number of rotatable bonds is 9. The van der Waals surface area contributed by atoms with Gasteiger partial charge in [0.2, 0.25) is 0 Å². The normalized spacial score (nSPS) is 13.0. The Morgan fingerprint density at radius 1 is 1.11 bits per heavy atom. The van der Waals surface area contributed by atoms with Crippen molar-refractivity contribution in [2.24, 2.45) is 0 Å². The maximum absolute atomic E-state index is 12.4. The number of allylic oxidation sites excluding steroid dienone is 1. The monoisotopic (exact) mass is 385 g/mol. The smallest absolute Gasteiger partial charge is 0.412 e. The van der Waals surface area contributed by atoms with Crippen LogP contribution in [0.25, 0.3) is 0 Å². The first-order chi connectivity index (χ1) is 13.5. The Morgan fingerprint density at radius 3 is 2.39 bits per heavy atom. The number of ether oxygens (including phenoxy) is 2. The molecule has 2 rings (SSSR count). The summed E-state index contributed by atoms with van der Waals surface area (Å²) >= 11 is 0. The van der Waals surface area contributed by atoms with Gasteiger partial charge >= 0.3 is 12.1 Å². The number of carboxylic acids is 1. The number of methoxy groups -OCH3 is 1. The highest BCUT2D eigenvalue weighted by Crippen LogP contribution is 2.28. The summed E-state index contributed by atoms with van der Waals surface area (Å²) in [7, 11) is 1.50. The summed E-state index contributed by atoms with van der Waals surface area (Å²) in [5.41, 5.74) is 1.24. The third kappa shape index (κ3) is 6.77. The van der Waals surface area contributed by atoms with Crippen LogP contribution in [0.4, 0.5) is 10.5 Å². The molecule has 148 valence electrons. The van der Waals surface area contributed by atoms with Crippen LogP contribution in [0.1, 0.15) is 24.5 Å². The molecule has 0 aliphatic carbocycles. The van der Waals surface area contributed by atoms with Gasteiger partial charge in [0.25, 0.3) is 0 Å². The number of anilines is 1. The number of carbonyl (C=O) groups is 2. The zero-order chi connectivity index (χ0) is 20.4. The molecule has 0 aromatic heterocycles. The molecular formula is C21H23NO6. The van der Waals surface area contributed by atoms with Crippen LogP contribution >= 0.6 is 0 Å². The van der Waals surface area contributed by atoms with E-state index in [1.165, 1.54) is 25.3 Å². The molecule has 0 saturated carbocycles. The second kappa shape index (κ2) is 10.7. The number of amides is 1. The van der Waals surface area contributed by atoms with Crippen molar-refractivity contribution in [3.05, 3.63) is 72.3 Å². The molecule has 0 aliphatic rings. The molecular weight excluding hydrogens is 362 g/mol. The summed E-state index contributed by atoms with van der Waals surface area (Å²) in [6.07, 6.45) is 1.55. The number of carbonyl (C=O) groups excluding carboxylic acids is 1. The zero-order valence-corrected chi connectivity index (χ0v) is 15.4. The minimum atomic E-state index is -1.03. The lowest BCUT2D eigenvalue weighted by atomic mass is 10.00. The van der Waals surface area contributed by atoms with Crippen molar-refractivity contribution in [2.45, 2.75) is 25.0 Å². The fraction of sp³-hybridized carbons (Fsp3) is 0.238. The Balaban J connectivity index is 2.14. The van der Waals surface area contributed by atoms with Gasteiger partial charge in [0.1, 0.15) is 5.75 Å². The molecule has 7 nitrogen and oxygen atoms in total. The number of carboxylic acid groups (broad SMARTS) is 1. The minimum Gasteiger partial charge on any atom is -0.508 e. The van der Waals surface area contributed by atoms with Gasteiger partial charge in [-0.15, -0.1) is 0 Å². The molecule has 2 atom stereocenters. The Labute approximate surface area is 163 Å². The van der Waals surface area contributed by atoms with Crippen LogP contribution in [-0.4, -0.2) is 35.5 Å². The van der Waals surface area contributed by atoms with Gasteiger partial charge in [-0.2, -0.15) is 0 Å². The number of benzene rings is 2. The van der Waals surface area contributed by atoms with Crippen molar-refractivity contribution in [1.29, 1.82) is 0 Å². The Bertz CT molecular complexity index is 788. The number of aliphatic carboxylic acids is 1. The van der Waals surface area contributed by atoms with E-state index >= 15 is 0 Å². The average molecular weight is 385 g/mol. The molecule has 2 aromatic rings. The summed E-state index contributed by atoms with van der Waals surface area (Å²) < 4.78 is 11.1. The SMILES string of the molecule is CO[C@H](CC/C=C/C(=O)O)[C@H](OC(=O)Nc1ccccc1)c1ccc(O)cc1. The summed E-state index contributed by atoms with van der Waals surface area (Å²) in [4.78, 5) is 23.0. The first kappa shape index (κ1) is 21.0. The third-order valence-corrected chi connectivity index (χ3v) is 3.99. The van der Waals surface area contributed by atoms with Gasteiger partial charge in [0.05, 0.1) is 6.10 Å². The Kier molecular flexibility index (Phi) is 8.05. The number of para-hydroxylation sites is 1. The van der Waals surface area contributed by atoms with Crippen LogP contribution in [0.3, 0.4) is 0 Å². The second-order valence-corrected chi connectivity index (χ2v) is 6.00. The molecule has 0 bridgehead atoms. The first-order valence-electron chi connectivity index (χ1n) is 8.73. The van der Waals surface area contributed by atoms with Crippen molar-refractivity contribution in [3.8, 4) is 5.75 Å². The predicted octanol–water partition coefficient (Wildman–Crippen LogP) is 4.12. The van der Waals surface area contributed by atoms with E-state index in [-0.39, 0.29) is 5.75 Å². The number of nitrogens with one attached hydrogen (secondary N) is 1. The van der Waals surface area contributed by atoms with Crippen LogP contribution in [-0.2, 0) is 14.3 Å². The largest absolute Gasteiger partial charge is 0.508 e. The standard InChI is InChI=1S/C21H23NO6/c1-27-18(9-5-6-10-19(24)25)20(15-11-13-17(23)14-12-15)28-21(26)22-16-7-3-2-4-8-16/h2-4,6-8,10-14,18,20,23H,5,9H2,1H3,(H,22,26)(H,24,25)/b10-6+/t18-,20-/m1/s1. The fourth-order valence-electron chi connectivity index (χ4n) is 2.64. The van der Waals surface area contributed by atoms with Crippen molar-refractivity contribution >= 4 is 17.7 Å². The van der Waals surface area contributed by atoms with Crippen molar-refractivity contribution in [1.82, 2.24) is 0 Å². The molecule has 0 aliphatic heterocycles. The van der Waals surface area contributed by atoms with Crippen LogP contribution in [0.5, 0.6) is 5.75 Å². The summed E-state index contributed by atoms with van der Waals surface area (Å²) in [6, 6.07) is 15.2. The molecule has 3 N–H and O–H groups in total. The molecule has 1 amide bonds. The molecule has 0 unspecified atom stereocenters. The summed E-state index contributed by atoms with van der Waals surface area (Å²) in [6.45, 7) is 0. The molecule has 0 saturated heterocycles. The highest BCUT2D eigenvalue weighted by molar-refractivity contribution is 5.84. The second-order valence-electron chi connectivity index (χ2n) is 6.00. The number of hydrogen-bond acceptors (Lipinski definition) is 5. The highest BCUT2D eigenvalue weighted by Gasteiger charge is 2.27. The van der Waals surface area contributed by atoms with E-state index < -0.39 is 24.3 Å². The number of phenolic OH excluding ortho intramolecular Hbond substituents is 1. The molecule has 0 heterocycles. The Hall–Kier alpha value is -3.32. The van der Waals surface area contributed by atoms with E-state index in [2.05, 4.69) is 5.32 Å². The predicted molar refractivity (Wildman–Crippen MR) is 104 cm³/mol. The molecule has 7 heteroatoms. The average Bonchev–Trinajstić information content (AvgIpc) is 2.68. The third-order valence-electron chi connectivity index (χ3n) is 3.99. The highest BCUT2D eigenvalue weighted by atomic mass is 16.6. The van der Waals surface area contributed by atoms with E-state index in [1.54, 1.807) is 36.4 Å². The maximum atomic E-state index is 12.4. The van der Waals surface area contributed by atoms with Crippen LogP contribution in [0.15, 0.2) is 66.7 Å². The number of aromatic hydroxyl groups is 1. The molecule has 0 fully saturated rings. The quantitative estimate of drug-likeness (QED) is 0.561. The molecule has 2 aromatic carbocycles. The van der Waals surface area contributed by atoms with E-state index in [4.69, 9.17) is 14.6 Å². The fourth-order valence-corrected chi connectivity index (χ4v) is 2.64. The van der Waals surface area contributed by atoms with Gasteiger partial charge < -0.3 is 19.7 Å². The zero-order valence-electron chi connectivity index (χ0n) is 15.4. The summed E-state index contributed by atoms with van der Waals surface area (Å²) in [5.74, 6) is -0.933. The van der Waals surface area contributed by atoms with Crippen molar-refractivity contribution in [2.75, 3.05) is 12.4 Å². The number of hydrogen-bond donors (Lipinski definition) is 3. The number of phenols is 1. The van der Waals surface area contributed by atoms with Gasteiger partial charge in [-0.3, -0.25) is 5.32 Å². The lowest BCUT2D eigenvalue weighted by Gasteiger charge is -2.26. The van der Waals surface area contributed by atoms with E-state index in [1.807, 2.05) is 6.07 Å². The van der Waals surface area contributed by atoms with Crippen LogP contribution in [0, 0.1) is 0 Å². The van der Waals surface area contributed by atoms with Gasteiger partial charge in [-0.1, -0.05) is 36.4 Å². The van der Waals surface area contributed by atoms with Gasteiger partial charge in [0, 0.05) is 18.9 Å². The van der Waals surface area contributed by atoms with E-state index in [0.29, 0.717) is 24.1 Å². The topological polar surface area (TPSA) is 105 Å². The van der Waals surface area contributed by atoms with Gasteiger partial charge in [-0.05, 0) is 42.7 Å². The molecule has 0 spiro atoms. The summed E-state index contributed by atoms with van der Waals surface area (Å²) in [5, 5.41) is 20.9. The van der Waals surface area contributed by atoms with Crippen molar-refractivity contribution < 1.29 is 29.3 Å². The van der Waals surface area contributed by atoms with Crippen LogP contribution in [0.2, 0.25) is 0 Å². The van der Waals surface area contributed by atoms with Crippen LogP contribution < -0.4 is 5.32 Å². The molecule has 28 heavy (non-hydrogen) atoms. The van der Waals surface area contributed by atoms with E-state index in [9.17, 15) is 14.7 Å². The van der Waals surface area contributed by atoms with Crippen molar-refractivity contribution in [3.63, 3.8) is 0 Å².